The summed E-state index contributed by atoms with van der Waals surface area (Å²) < 4.78 is 217. The first-order valence-electron chi connectivity index (χ1n) is 19.5. The van der Waals surface area contributed by atoms with Crippen molar-refractivity contribution >= 4 is 43.6 Å². The van der Waals surface area contributed by atoms with E-state index in [0.717, 1.165) is 42.5 Å². The average molecular weight is 951 g/mol. The summed E-state index contributed by atoms with van der Waals surface area (Å²) >= 11 is 0. The van der Waals surface area contributed by atoms with Gasteiger partial charge in [-0.15, -0.1) is 0 Å². The van der Waals surface area contributed by atoms with Gasteiger partial charge in [0.05, 0.1) is 78.8 Å². The highest BCUT2D eigenvalue weighted by Crippen LogP contribution is 2.48. The summed E-state index contributed by atoms with van der Waals surface area (Å²) in [6.45, 7) is 0. The zero-order valence-electron chi connectivity index (χ0n) is 33.6. The molecular weight excluding hydrogens is 930 g/mol. The molecule has 19 heteroatoms. The second-order valence-corrected chi connectivity index (χ2v) is 15.5. The van der Waals surface area contributed by atoms with Crippen molar-refractivity contribution < 1.29 is 65.9 Å². The minimum absolute atomic E-state index is 0.0642. The Morgan fingerprint density at radius 1 is 0.324 bits per heavy atom. The third-order valence-corrected chi connectivity index (χ3v) is 11.5. The van der Waals surface area contributed by atoms with Crippen molar-refractivity contribution in [2.24, 2.45) is 0 Å². The molecule has 0 aliphatic rings. The maximum Gasteiger partial charge on any atom is 0.417 e. The third kappa shape index (κ3) is 7.67. The van der Waals surface area contributed by atoms with E-state index in [1.807, 2.05) is 6.07 Å². The van der Waals surface area contributed by atoms with Crippen molar-refractivity contribution in [2.45, 2.75) is 30.9 Å². The number of rotatable bonds is 4. The van der Waals surface area contributed by atoms with E-state index in [1.54, 1.807) is 6.07 Å². The average Bonchev–Trinajstić information content (AvgIpc) is 3.78. The van der Waals surface area contributed by atoms with Crippen LogP contribution in [0.3, 0.4) is 0 Å². The number of fused-ring (bicyclic) bond motifs is 6. The highest BCUT2D eigenvalue weighted by Gasteiger charge is 2.37. The summed E-state index contributed by atoms with van der Waals surface area (Å²) in [5.41, 5.74) is -8.57. The Hall–Kier alpha value is -7.93. The van der Waals surface area contributed by atoms with Crippen molar-refractivity contribution in [1.82, 2.24) is 9.13 Å². The van der Waals surface area contributed by atoms with Crippen LogP contribution in [0.4, 0.5) is 65.9 Å². The van der Waals surface area contributed by atoms with Gasteiger partial charge in [-0.3, -0.25) is 0 Å². The summed E-state index contributed by atoms with van der Waals surface area (Å²) in [4.78, 5) is 0. The lowest BCUT2D eigenvalue weighted by molar-refractivity contribution is -0.138. The molecule has 0 radical (unpaired) electrons. The number of aromatic nitrogens is 2. The van der Waals surface area contributed by atoms with E-state index in [2.05, 4.69) is 0 Å². The van der Waals surface area contributed by atoms with Crippen molar-refractivity contribution in [1.29, 1.82) is 10.5 Å². The molecule has 0 atom stereocenters. The normalized spacial score (nSPS) is 12.9. The highest BCUT2D eigenvalue weighted by molar-refractivity contribution is 6.12. The van der Waals surface area contributed by atoms with Gasteiger partial charge in [-0.05, 0) is 132 Å². The smallest absolute Gasteiger partial charge is 0.309 e. The number of benzene rings is 7. The van der Waals surface area contributed by atoms with Crippen LogP contribution in [0.25, 0.3) is 77.2 Å². The monoisotopic (exact) mass is 950 g/mol. The zero-order valence-corrected chi connectivity index (χ0v) is 33.6. The molecule has 0 amide bonds. The van der Waals surface area contributed by atoms with E-state index in [9.17, 15) is 76.4 Å². The summed E-state index contributed by atoms with van der Waals surface area (Å²) in [7, 11) is 0. The van der Waals surface area contributed by atoms with E-state index in [0.29, 0.717) is 54.6 Å². The van der Waals surface area contributed by atoms with E-state index in [-0.39, 0.29) is 77.2 Å². The maximum atomic E-state index is 15.0. The molecular formula is C49H21F15N4. The molecule has 68 heavy (non-hydrogen) atoms. The molecule has 4 nitrogen and oxygen atoms in total. The Bertz CT molecular complexity index is 3500. The predicted octanol–water partition coefficient (Wildman–Crippen LogP) is 16.1. The first-order valence-corrected chi connectivity index (χ1v) is 19.5. The minimum atomic E-state index is -5.14. The summed E-state index contributed by atoms with van der Waals surface area (Å²) in [5.74, 6) is 0. The van der Waals surface area contributed by atoms with Gasteiger partial charge in [0.15, 0.2) is 0 Å². The van der Waals surface area contributed by atoms with Crippen LogP contribution in [0.1, 0.15) is 38.9 Å². The number of nitrogens with zero attached hydrogens (tertiary/aromatic N) is 4. The van der Waals surface area contributed by atoms with Gasteiger partial charge in [0, 0.05) is 32.8 Å². The minimum Gasteiger partial charge on any atom is -0.309 e. The van der Waals surface area contributed by atoms with Gasteiger partial charge in [-0.25, -0.2) is 0 Å². The fourth-order valence-corrected chi connectivity index (χ4v) is 8.52. The molecule has 0 aliphatic heterocycles. The fourth-order valence-electron chi connectivity index (χ4n) is 8.52. The molecule has 0 saturated carbocycles. The Kier molecular flexibility index (Phi) is 10.2. The van der Waals surface area contributed by atoms with Crippen LogP contribution >= 0.6 is 0 Å². The van der Waals surface area contributed by atoms with Gasteiger partial charge >= 0.3 is 30.9 Å². The number of alkyl halides is 15. The maximum absolute atomic E-state index is 15.0. The summed E-state index contributed by atoms with van der Waals surface area (Å²) in [6, 6.07) is 22.6. The van der Waals surface area contributed by atoms with Crippen LogP contribution in [0, 0.1) is 22.7 Å². The molecule has 0 saturated heterocycles. The van der Waals surface area contributed by atoms with Crippen LogP contribution in [0.2, 0.25) is 0 Å². The van der Waals surface area contributed by atoms with Gasteiger partial charge in [-0.2, -0.15) is 76.4 Å². The van der Waals surface area contributed by atoms with Crippen molar-refractivity contribution in [3.05, 3.63) is 166 Å². The Balaban J connectivity index is 1.43. The molecule has 2 heterocycles. The summed E-state index contributed by atoms with van der Waals surface area (Å²) in [6.07, 6.45) is -25.0. The van der Waals surface area contributed by atoms with Gasteiger partial charge in [0.2, 0.25) is 0 Å². The second-order valence-electron chi connectivity index (χ2n) is 15.5. The van der Waals surface area contributed by atoms with E-state index < -0.39 is 69.8 Å². The van der Waals surface area contributed by atoms with Gasteiger partial charge < -0.3 is 9.13 Å². The molecule has 0 bridgehead atoms. The first-order chi connectivity index (χ1) is 31.8. The van der Waals surface area contributed by atoms with E-state index in [1.165, 1.54) is 39.5 Å². The molecule has 342 valence electrons. The van der Waals surface area contributed by atoms with E-state index >= 15 is 0 Å². The Morgan fingerprint density at radius 2 is 0.706 bits per heavy atom. The highest BCUT2D eigenvalue weighted by atomic mass is 19.4. The molecule has 9 rings (SSSR count). The zero-order chi connectivity index (χ0) is 49.0. The summed E-state index contributed by atoms with van der Waals surface area (Å²) in [5, 5.41) is 18.5. The predicted molar refractivity (Wildman–Crippen MR) is 220 cm³/mol. The lowest BCUT2D eigenvalue weighted by Crippen LogP contribution is -2.09. The van der Waals surface area contributed by atoms with Gasteiger partial charge in [0.1, 0.15) is 0 Å². The lowest BCUT2D eigenvalue weighted by Gasteiger charge is -2.21. The first kappa shape index (κ1) is 45.2. The van der Waals surface area contributed by atoms with Crippen molar-refractivity contribution in [2.75, 3.05) is 0 Å². The Labute approximate surface area is 371 Å². The van der Waals surface area contributed by atoms with Crippen LogP contribution in [0.15, 0.2) is 127 Å². The fraction of sp³-hybridized carbons (Fsp3) is 0.102. The molecule has 7 aromatic carbocycles. The van der Waals surface area contributed by atoms with Crippen molar-refractivity contribution in [3.8, 4) is 45.8 Å². The molecule has 0 spiro atoms. The standard InChI is InChI=1S/C49H21F15N4/c50-45(51,52)26-3-11-40-35(17-26)36-18-27(46(53,54)55)4-12-41(36)67(40)30-7-9-31(32-8-1-25(23-66)16-39(32)49(62,63)64)33(21-30)34-15-24(22-65)2-10-42(34)68-43-13-5-28(47(56,57)58)19-37(43)38-20-29(48(59,60)61)6-14-44(38)68/h1-21H. The van der Waals surface area contributed by atoms with Crippen LogP contribution < -0.4 is 0 Å². The largest absolute Gasteiger partial charge is 0.417 e. The van der Waals surface area contributed by atoms with Crippen LogP contribution in [-0.4, -0.2) is 9.13 Å². The van der Waals surface area contributed by atoms with Gasteiger partial charge in [-0.1, -0.05) is 12.1 Å². The third-order valence-electron chi connectivity index (χ3n) is 11.5. The Morgan fingerprint density at radius 3 is 1.10 bits per heavy atom. The van der Waals surface area contributed by atoms with Gasteiger partial charge in [0.25, 0.3) is 0 Å². The number of hydrogen-bond donors (Lipinski definition) is 0. The van der Waals surface area contributed by atoms with Crippen molar-refractivity contribution in [3.63, 3.8) is 0 Å². The molecule has 0 N–H and O–H groups in total. The number of nitriles is 2. The van der Waals surface area contributed by atoms with Crippen LogP contribution in [0.5, 0.6) is 0 Å². The molecule has 2 aromatic heterocycles. The van der Waals surface area contributed by atoms with E-state index in [4.69, 9.17) is 0 Å². The SMILES string of the molecule is N#Cc1ccc(-n2c3ccc(C(F)(F)F)cc3c3cc(C(F)(F)F)ccc32)c(-c2cc(-n3c4ccc(C(F)(F)F)cc4c4cc(C(F)(F)F)ccc43)ccc2-c2ccc(C#N)cc2C(F)(F)F)c1. The lowest BCUT2D eigenvalue weighted by atomic mass is 9.89. The molecule has 9 aromatic rings. The number of hydrogen-bond acceptors (Lipinski definition) is 2. The molecule has 0 unspecified atom stereocenters. The number of halogens is 15. The molecule has 0 aliphatic carbocycles. The second kappa shape index (κ2) is 15.3. The van der Waals surface area contributed by atoms with Crippen LogP contribution in [-0.2, 0) is 30.9 Å². The topological polar surface area (TPSA) is 57.4 Å². The quantitative estimate of drug-likeness (QED) is 0.165. The molecule has 0 fully saturated rings.